The smallest absolute Gasteiger partial charge is 0.419 e. The monoisotopic (exact) mass is 2150 g/mol. The van der Waals surface area contributed by atoms with Crippen molar-refractivity contribution in [2.75, 3.05) is 37.1 Å². The SMILES string of the molecule is CC(C)(C)C#CCn1ccc(C(=O)c2cncnc2C[C@@H]2C[C@H](COS(N)(=O)=O)[C@@H](O)C2)n1.NS(=O)(=O)OC[C@H]1C[C@@H](Cc2ncncc2C(=O)c2ccn(Cc3ccc(Cl)c(F)c3)n2)[C@H](O)[C@@H]1O.NS(=O)(=O)OC[C@H]1C[C@@H](Nc2ncncc2C(=O)c2ccn(Cc3cc(C(F)(F)F)co3)c2)[C@@H](F)[C@@H]1O.NS(=O)(=O)OC[C@H]1C[C@@H](Nc2ncncc2C(=O)c2nn(Cc3cccc(Br)c3)cc2Cl)C[C@@H]1O. The van der Waals surface area contributed by atoms with E-state index in [0.29, 0.717) is 74.0 Å². The first-order valence-corrected chi connectivity index (χ1v) is 50.2. The number of rotatable bonds is 35. The molecule has 0 bridgehead atoms. The van der Waals surface area contributed by atoms with Crippen LogP contribution in [0, 0.1) is 58.6 Å². The van der Waals surface area contributed by atoms with Gasteiger partial charge in [-0.1, -0.05) is 69.2 Å². The number of hydrogen-bond donors (Lipinski definition) is 11. The molecule has 14 atom stereocenters. The zero-order chi connectivity index (χ0) is 102. The van der Waals surface area contributed by atoms with Crippen molar-refractivity contribution in [1.29, 1.82) is 0 Å². The van der Waals surface area contributed by atoms with Crippen LogP contribution in [0.15, 0.2) is 163 Å². The second-order valence-corrected chi connectivity index (χ2v) is 41.1. The van der Waals surface area contributed by atoms with Crippen molar-refractivity contribution in [2.24, 2.45) is 61.5 Å². The Kier molecular flexibility index (Phi) is 36.1. The van der Waals surface area contributed by atoms with Crippen molar-refractivity contribution in [3.05, 3.63) is 253 Å². The predicted molar refractivity (Wildman–Crippen MR) is 494 cm³/mol. The van der Waals surface area contributed by atoms with E-state index in [1.807, 2.05) is 45.0 Å². The van der Waals surface area contributed by atoms with E-state index >= 15 is 0 Å². The van der Waals surface area contributed by atoms with E-state index in [-0.39, 0.29) is 148 Å². The van der Waals surface area contributed by atoms with Crippen molar-refractivity contribution < 1.29 is 121 Å². The fraction of sp³-hybridized carbons (Fsp3) is 0.407. The molecular weight excluding hydrogens is 2050 g/mol. The van der Waals surface area contributed by atoms with Crippen molar-refractivity contribution in [2.45, 2.75) is 153 Å². The normalized spacial score (nSPS) is 21.4. The molecule has 11 aromatic rings. The summed E-state index contributed by atoms with van der Waals surface area (Å²) in [6.45, 7) is 5.70. The average Bonchev–Trinajstić information content (AvgIpc) is 1.57. The molecule has 4 saturated carbocycles. The van der Waals surface area contributed by atoms with E-state index < -0.39 is 149 Å². The topological polar surface area (TPSA) is 646 Å². The molecule has 9 heterocycles. The van der Waals surface area contributed by atoms with Crippen molar-refractivity contribution in [1.82, 2.24) is 73.8 Å². The van der Waals surface area contributed by atoms with Gasteiger partial charge < -0.3 is 45.2 Å². The second kappa shape index (κ2) is 46.9. The third kappa shape index (κ3) is 31.4. The van der Waals surface area contributed by atoms with E-state index in [1.54, 1.807) is 40.1 Å². The summed E-state index contributed by atoms with van der Waals surface area (Å²) in [5, 5.41) is 89.9. The number of nitrogens with one attached hydrogen (secondary N) is 2. The fourth-order valence-corrected chi connectivity index (χ4v) is 18.3. The first kappa shape index (κ1) is 109. The Hall–Kier alpha value is -11.2. The third-order valence-electron chi connectivity index (χ3n) is 22.7. The van der Waals surface area contributed by atoms with Crippen molar-refractivity contribution in [3.8, 4) is 11.8 Å². The summed E-state index contributed by atoms with van der Waals surface area (Å²) in [6.07, 6.45) is 9.31. The summed E-state index contributed by atoms with van der Waals surface area (Å²) in [6, 6.07) is 16.2. The molecule has 43 nitrogen and oxygen atoms in total. The van der Waals surface area contributed by atoms with Gasteiger partial charge in [0, 0.05) is 101 Å². The molecule has 9 aromatic heterocycles. The molecule has 0 amide bonds. The summed E-state index contributed by atoms with van der Waals surface area (Å²) in [4.78, 5) is 85.0. The van der Waals surface area contributed by atoms with E-state index in [4.69, 9.17) is 48.2 Å². The van der Waals surface area contributed by atoms with Crippen LogP contribution in [-0.2, 0) is 103 Å². The third-order valence-corrected chi connectivity index (χ3v) is 25.7. The number of nitrogens with zero attached hydrogens (tertiary/aromatic N) is 15. The van der Waals surface area contributed by atoms with Gasteiger partial charge in [-0.05, 0) is 144 Å². The summed E-state index contributed by atoms with van der Waals surface area (Å²) < 4.78 is 185. The van der Waals surface area contributed by atoms with Gasteiger partial charge in [-0.3, -0.25) is 50.0 Å². The number of anilines is 2. The highest BCUT2D eigenvalue weighted by Crippen LogP contribution is 2.40. The van der Waals surface area contributed by atoms with E-state index in [2.05, 4.69) is 110 Å². The lowest BCUT2D eigenvalue weighted by Gasteiger charge is -2.18. The summed E-state index contributed by atoms with van der Waals surface area (Å²) in [5.74, 6) is 1.25. The molecule has 0 spiro atoms. The van der Waals surface area contributed by atoms with Crippen LogP contribution in [-0.4, -0.2) is 231 Å². The predicted octanol–water partition coefficient (Wildman–Crippen LogP) is 6.00. The van der Waals surface area contributed by atoms with Crippen LogP contribution in [0.2, 0.25) is 10.0 Å². The number of halogens is 8. The lowest BCUT2D eigenvalue weighted by molar-refractivity contribution is -0.138. The fourth-order valence-electron chi connectivity index (χ4n) is 16.0. The molecule has 4 aliphatic rings. The number of ketones is 4. The number of aromatic nitrogens is 15. The maximum atomic E-state index is 14.7. The van der Waals surface area contributed by atoms with Crippen LogP contribution in [0.25, 0.3) is 0 Å². The molecule has 0 radical (unpaired) electrons. The molecule has 0 unspecified atom stereocenters. The number of benzene rings is 2. The first-order chi connectivity index (χ1) is 66.3. The van der Waals surface area contributed by atoms with Gasteiger partial charge in [-0.2, -0.15) is 62.1 Å². The van der Waals surface area contributed by atoms with Crippen LogP contribution in [0.3, 0.4) is 0 Å². The Bertz CT molecular complexity index is 6860. The zero-order valence-electron chi connectivity index (χ0n) is 74.7. The molecule has 141 heavy (non-hydrogen) atoms. The largest absolute Gasteiger partial charge is 0.467 e. The Labute approximate surface area is 821 Å². The molecule has 4 fully saturated rings. The number of carbonyl (C=O) groups excluding carboxylic acids is 4. The minimum Gasteiger partial charge on any atom is -0.467 e. The van der Waals surface area contributed by atoms with Gasteiger partial charge in [0.05, 0.1) is 132 Å². The number of aliphatic hydroxyl groups is 5. The van der Waals surface area contributed by atoms with Crippen LogP contribution >= 0.6 is 39.1 Å². The molecule has 756 valence electrons. The Balaban J connectivity index is 0.000000168. The lowest BCUT2D eigenvalue weighted by Crippen LogP contribution is -2.33. The molecule has 55 heteroatoms. The molecule has 15 rings (SSSR count). The minimum absolute atomic E-state index is 0.000702. The zero-order valence-corrected chi connectivity index (χ0v) is 81.0. The highest BCUT2D eigenvalue weighted by Gasteiger charge is 2.46. The van der Waals surface area contributed by atoms with Crippen LogP contribution < -0.4 is 31.2 Å². The van der Waals surface area contributed by atoms with Crippen molar-refractivity contribution >= 4 is 115 Å². The Morgan fingerprint density at radius 1 is 0.546 bits per heavy atom. The minimum atomic E-state index is -4.54. The highest BCUT2D eigenvalue weighted by atomic mass is 79.9. The van der Waals surface area contributed by atoms with Crippen LogP contribution in [0.4, 0.5) is 33.6 Å². The summed E-state index contributed by atoms with van der Waals surface area (Å²) in [7, 11) is -16.6. The Morgan fingerprint density at radius 2 is 1.07 bits per heavy atom. The number of nitrogens with two attached hydrogens (primary N) is 4. The van der Waals surface area contributed by atoms with Gasteiger partial charge in [-0.25, -0.2) is 69.2 Å². The lowest BCUT2D eigenvalue weighted by atomic mass is 9.95. The van der Waals surface area contributed by atoms with Gasteiger partial charge >= 0.3 is 47.4 Å². The average molecular weight is 2150 g/mol. The van der Waals surface area contributed by atoms with E-state index in [9.17, 15) is 100 Å². The molecule has 4 aliphatic carbocycles. The standard InChI is InChI=1S/C22H23ClFN5O6S.C22H29N5O5S.C21H22BrClN6O5S.C21H21F4N5O6S/c23-16-2-1-12(5-17(16)24)9-29-4-3-18(28-29)22(32)15-8-26-11-27-19(15)7-13-6-14(21(31)20(13)30)10-35-36(25,33)34;1-22(2,3)6-4-7-27-8-5-18(26-27)21(29)17-12-24-14-25-19(17)10-15-9-16(20(28)11-15)13-32-33(23,30)31;22-14-3-1-2-12(4-14)8-29-9-17(23)19(28-29)20(31)16-7-25-11-26-21(16)27-15-5-13(18(30)6-15)10-34-35(24,32)33;22-17-16(3-12(19(17)32)8-36-37(26,33)34)29-20-15(5-27-10-28-20)18(31)11-1-2-30(6-11)7-14-4-13(9-35-14)21(23,24)25/h1-5,8,11,13-14,20-21,30-31H,6-7,9-10H2,(H2,25,33,34);5,8,12,14-16,20,28H,7,9-11,13H2,1-3H3,(H2,23,30,31);1-4,7,9,11,13,15,18,30H,5-6,8,10H2,(H2,24,32,33)(H,25,26,27);1-2,4-6,9-10,12,16-17,19,32H,3,7-8H2,(H2,26,33,34)(H,27,28,29)/t13-,14+,20-,21+;15-,16+,20-;13-,15-,18+;12-,16-,17-,19-/m0011/s1. The molecule has 2 aromatic carbocycles. The first-order valence-electron chi connectivity index (χ1n) is 42.7. The quantitative estimate of drug-likeness (QED) is 0.0123. The van der Waals surface area contributed by atoms with Gasteiger partial charge in [0.25, 0.3) is 0 Å². The maximum absolute atomic E-state index is 14.7. The maximum Gasteiger partial charge on any atom is 0.419 e. The number of carbonyl (C=O) groups is 4. The Morgan fingerprint density at radius 3 is 1.65 bits per heavy atom. The number of furan rings is 1. The van der Waals surface area contributed by atoms with Gasteiger partial charge in [0.15, 0.2) is 11.5 Å². The van der Waals surface area contributed by atoms with E-state index in [0.717, 1.165) is 22.4 Å². The molecule has 0 saturated heterocycles. The van der Waals surface area contributed by atoms with Gasteiger partial charge in [-0.15, -0.1) is 0 Å². The second-order valence-electron chi connectivity index (χ2n) is 34.5. The summed E-state index contributed by atoms with van der Waals surface area (Å²) in [5.41, 5.74) is 2.72. The number of hydrogen-bond acceptors (Lipinski definition) is 35. The number of aliphatic hydroxyl groups excluding tert-OH is 5. The van der Waals surface area contributed by atoms with Gasteiger partial charge in [0.1, 0.15) is 78.9 Å². The molecule has 0 aliphatic heterocycles. The molecular formula is C86H95BrCl2F5N21O22S4. The summed E-state index contributed by atoms with van der Waals surface area (Å²) >= 11 is 15.5. The van der Waals surface area contributed by atoms with Crippen LogP contribution in [0.5, 0.6) is 0 Å². The number of alkyl halides is 4. The van der Waals surface area contributed by atoms with Crippen LogP contribution in [0.1, 0.15) is 157 Å². The van der Waals surface area contributed by atoms with E-state index in [1.165, 1.54) is 89.7 Å². The highest BCUT2D eigenvalue weighted by molar-refractivity contribution is 9.10. The molecule has 15 N–H and O–H groups in total. The van der Waals surface area contributed by atoms with Crippen molar-refractivity contribution in [3.63, 3.8) is 0 Å². The van der Waals surface area contributed by atoms with Gasteiger partial charge in [0.2, 0.25) is 17.3 Å².